The summed E-state index contributed by atoms with van der Waals surface area (Å²) in [6.07, 6.45) is 1.57. The molecule has 0 saturated carbocycles. The van der Waals surface area contributed by atoms with Gasteiger partial charge in [0.25, 0.3) is 10.0 Å². The molecule has 9 heteroatoms. The van der Waals surface area contributed by atoms with Gasteiger partial charge in [-0.2, -0.15) is 0 Å². The van der Waals surface area contributed by atoms with E-state index in [1.54, 1.807) is 19.1 Å². The fraction of sp³-hybridized carbons (Fsp3) is 0.346. The third kappa shape index (κ3) is 6.25. The van der Waals surface area contributed by atoms with Crippen molar-refractivity contribution in [3.8, 4) is 11.6 Å². The molecule has 1 aliphatic rings. The first kappa shape index (κ1) is 25.3. The van der Waals surface area contributed by atoms with Gasteiger partial charge in [0.1, 0.15) is 24.7 Å². The van der Waals surface area contributed by atoms with Crippen LogP contribution in [0, 0.1) is 6.92 Å². The summed E-state index contributed by atoms with van der Waals surface area (Å²) in [5, 5.41) is 0.391. The lowest BCUT2D eigenvalue weighted by Gasteiger charge is -2.17. The number of fused-ring (bicyclic) bond motifs is 1. The Morgan fingerprint density at radius 1 is 1.03 bits per heavy atom. The van der Waals surface area contributed by atoms with Gasteiger partial charge < -0.3 is 14.4 Å². The number of nitrogens with one attached hydrogen (secondary N) is 1. The van der Waals surface area contributed by atoms with Gasteiger partial charge in [-0.25, -0.2) is 13.4 Å². The van der Waals surface area contributed by atoms with Gasteiger partial charge >= 0.3 is 0 Å². The number of halogens is 1. The zero-order valence-electron chi connectivity index (χ0n) is 20.0. The second kappa shape index (κ2) is 11.3. The van der Waals surface area contributed by atoms with Crippen molar-refractivity contribution < 1.29 is 17.9 Å². The van der Waals surface area contributed by atoms with Gasteiger partial charge in [-0.1, -0.05) is 42.8 Å². The Morgan fingerprint density at radius 2 is 1.77 bits per heavy atom. The molecular formula is C26H30ClN3O4S. The Balaban J connectivity index is 1.59. The third-order valence-corrected chi connectivity index (χ3v) is 7.97. The fourth-order valence-electron chi connectivity index (χ4n) is 4.05. The molecule has 0 amide bonds. The molecule has 0 spiro atoms. The molecule has 0 bridgehead atoms. The molecule has 2 aromatic carbocycles. The van der Waals surface area contributed by atoms with E-state index >= 15 is 0 Å². The zero-order valence-corrected chi connectivity index (χ0v) is 21.5. The van der Waals surface area contributed by atoms with E-state index < -0.39 is 10.0 Å². The molecule has 2 heterocycles. The van der Waals surface area contributed by atoms with Crippen LogP contribution >= 0.6 is 11.6 Å². The topological polar surface area (TPSA) is 80.8 Å². The molecule has 1 N–H and O–H groups in total. The molecule has 0 saturated heterocycles. The summed E-state index contributed by atoms with van der Waals surface area (Å²) < 4.78 is 40.9. The predicted molar refractivity (Wildman–Crippen MR) is 138 cm³/mol. The van der Waals surface area contributed by atoms with Crippen LogP contribution in [0.5, 0.6) is 11.6 Å². The van der Waals surface area contributed by atoms with Crippen LogP contribution in [0.1, 0.15) is 23.7 Å². The van der Waals surface area contributed by atoms with Crippen molar-refractivity contribution in [1.82, 2.24) is 9.88 Å². The predicted octanol–water partition coefficient (Wildman–Crippen LogP) is 4.72. The minimum atomic E-state index is -3.91. The third-order valence-electron chi connectivity index (χ3n) is 6.05. The lowest BCUT2D eigenvalue weighted by atomic mass is 10.1. The highest BCUT2D eigenvalue weighted by Crippen LogP contribution is 2.31. The first-order valence-electron chi connectivity index (χ1n) is 11.7. The van der Waals surface area contributed by atoms with E-state index in [1.165, 1.54) is 6.07 Å². The number of pyridine rings is 1. The molecule has 186 valence electrons. The number of hydrogen-bond acceptors (Lipinski definition) is 6. The highest BCUT2D eigenvalue weighted by molar-refractivity contribution is 7.92. The van der Waals surface area contributed by atoms with Crippen molar-refractivity contribution in [3.05, 3.63) is 76.4 Å². The molecule has 1 aliphatic heterocycles. The average Bonchev–Trinajstić information content (AvgIpc) is 3.05. The maximum atomic E-state index is 13.3. The first-order valence-corrected chi connectivity index (χ1v) is 13.6. The summed E-state index contributed by atoms with van der Waals surface area (Å²) in [4.78, 5) is 7.22. The van der Waals surface area contributed by atoms with Crippen molar-refractivity contribution in [2.24, 2.45) is 0 Å². The van der Waals surface area contributed by atoms with E-state index in [0.717, 1.165) is 49.5 Å². The average molecular weight is 516 g/mol. The van der Waals surface area contributed by atoms with Crippen molar-refractivity contribution in [2.75, 3.05) is 37.6 Å². The summed E-state index contributed by atoms with van der Waals surface area (Å²) >= 11 is 6.18. The van der Waals surface area contributed by atoms with Crippen LogP contribution in [-0.2, 0) is 22.9 Å². The van der Waals surface area contributed by atoms with Gasteiger partial charge in [-0.3, -0.25) is 4.72 Å². The summed E-state index contributed by atoms with van der Waals surface area (Å²) in [5.41, 5.74) is 2.76. The molecule has 0 unspecified atom stereocenters. The van der Waals surface area contributed by atoms with Crippen LogP contribution in [-0.4, -0.2) is 51.1 Å². The number of hydrogen-bond donors (Lipinski definition) is 1. The van der Waals surface area contributed by atoms with Crippen LogP contribution in [0.25, 0.3) is 0 Å². The Hall–Kier alpha value is -2.81. The smallest absolute Gasteiger partial charge is 0.262 e. The van der Waals surface area contributed by atoms with Gasteiger partial charge in [0.05, 0.1) is 4.90 Å². The highest BCUT2D eigenvalue weighted by Gasteiger charge is 2.23. The van der Waals surface area contributed by atoms with Gasteiger partial charge in [-0.15, -0.1) is 0 Å². The number of para-hydroxylation sites is 1. The van der Waals surface area contributed by atoms with Crippen LogP contribution in [0.2, 0.25) is 5.02 Å². The zero-order chi connectivity index (χ0) is 24.8. The van der Waals surface area contributed by atoms with E-state index in [0.29, 0.717) is 22.9 Å². The standard InChI is InChI=1S/C26H30ClN3O4S/c1-3-30-14-12-20-18-24(29-35(31,32)25-11-7-10-22(27)19(25)2)26(28-23(20)13-15-30)34-17-16-33-21-8-5-4-6-9-21/h4-11,18,29H,3,12-17H2,1-2H3. The molecule has 35 heavy (non-hydrogen) atoms. The number of rotatable bonds is 9. The van der Waals surface area contributed by atoms with Crippen molar-refractivity contribution >= 4 is 27.3 Å². The molecule has 0 radical (unpaired) electrons. The van der Waals surface area contributed by atoms with Crippen molar-refractivity contribution in [3.63, 3.8) is 0 Å². The monoisotopic (exact) mass is 515 g/mol. The maximum Gasteiger partial charge on any atom is 0.262 e. The maximum absolute atomic E-state index is 13.3. The molecule has 7 nitrogen and oxygen atoms in total. The Labute approximate surface area is 212 Å². The van der Waals surface area contributed by atoms with Crippen molar-refractivity contribution in [1.29, 1.82) is 0 Å². The molecule has 0 aliphatic carbocycles. The van der Waals surface area contributed by atoms with Gasteiger partial charge in [-0.05, 0) is 61.3 Å². The number of anilines is 1. The Bertz CT molecular complexity index is 1270. The summed E-state index contributed by atoms with van der Waals surface area (Å²) in [5.74, 6) is 0.983. The second-order valence-corrected chi connectivity index (χ2v) is 10.4. The van der Waals surface area contributed by atoms with Crippen LogP contribution < -0.4 is 14.2 Å². The Morgan fingerprint density at radius 3 is 2.54 bits per heavy atom. The number of aromatic nitrogens is 1. The van der Waals surface area contributed by atoms with Crippen molar-refractivity contribution in [2.45, 2.75) is 31.6 Å². The number of likely N-dealkylation sites (N-methyl/N-ethyl adjacent to an activating group) is 1. The lowest BCUT2D eigenvalue weighted by molar-refractivity contribution is 0.212. The van der Waals surface area contributed by atoms with E-state index in [-0.39, 0.29) is 17.4 Å². The molecule has 0 fully saturated rings. The first-order chi connectivity index (χ1) is 16.9. The van der Waals surface area contributed by atoms with Crippen LogP contribution in [0.4, 0.5) is 5.69 Å². The molecule has 4 rings (SSSR count). The molecule has 3 aromatic rings. The van der Waals surface area contributed by atoms with Crippen LogP contribution in [0.15, 0.2) is 59.5 Å². The lowest BCUT2D eigenvalue weighted by Crippen LogP contribution is -2.25. The molecule has 1 aromatic heterocycles. The molecule has 0 atom stereocenters. The fourth-order valence-corrected chi connectivity index (χ4v) is 5.60. The van der Waals surface area contributed by atoms with E-state index in [4.69, 9.17) is 26.1 Å². The highest BCUT2D eigenvalue weighted by atomic mass is 35.5. The number of ether oxygens (including phenoxy) is 2. The number of sulfonamides is 1. The second-order valence-electron chi connectivity index (χ2n) is 8.36. The SMILES string of the molecule is CCN1CCc2cc(NS(=O)(=O)c3cccc(Cl)c3C)c(OCCOc3ccccc3)nc2CC1. The summed E-state index contributed by atoms with van der Waals surface area (Å²) in [7, 11) is -3.91. The normalized spacial score (nSPS) is 14.1. The number of nitrogens with zero attached hydrogens (tertiary/aromatic N) is 2. The van der Waals surface area contributed by atoms with Gasteiger partial charge in [0.2, 0.25) is 5.88 Å². The van der Waals surface area contributed by atoms with E-state index in [2.05, 4.69) is 16.5 Å². The quantitative estimate of drug-likeness (QED) is 0.415. The summed E-state index contributed by atoms with van der Waals surface area (Å²) in [6, 6.07) is 16.1. The van der Waals surface area contributed by atoms with E-state index in [1.807, 2.05) is 36.4 Å². The summed E-state index contributed by atoms with van der Waals surface area (Å²) in [6.45, 7) is 7.09. The van der Waals surface area contributed by atoms with Gasteiger partial charge in [0, 0.05) is 30.2 Å². The van der Waals surface area contributed by atoms with Gasteiger partial charge in [0.15, 0.2) is 0 Å². The minimum absolute atomic E-state index is 0.121. The van der Waals surface area contributed by atoms with Crippen LogP contribution in [0.3, 0.4) is 0 Å². The van der Waals surface area contributed by atoms with E-state index in [9.17, 15) is 8.42 Å². The minimum Gasteiger partial charge on any atom is -0.490 e. The Kier molecular flexibility index (Phi) is 8.15. The number of benzene rings is 2. The largest absolute Gasteiger partial charge is 0.490 e. The molecular weight excluding hydrogens is 486 g/mol.